The fourth-order valence-electron chi connectivity index (χ4n) is 8.52. The van der Waals surface area contributed by atoms with Crippen LogP contribution in [0.5, 0.6) is 46.0 Å². The summed E-state index contributed by atoms with van der Waals surface area (Å²) in [6, 6.07) is 34.1. The van der Waals surface area contributed by atoms with Gasteiger partial charge in [0.1, 0.15) is 46.0 Å². The number of rotatable bonds is 40. The van der Waals surface area contributed by atoms with Crippen LogP contribution in [0.15, 0.2) is 190 Å². The second-order valence-corrected chi connectivity index (χ2v) is 21.7. The van der Waals surface area contributed by atoms with Gasteiger partial charge in [-0.2, -0.15) is 0 Å². The zero-order chi connectivity index (χ0) is 73.2. The molecule has 0 unspecified atom stereocenters. The van der Waals surface area contributed by atoms with Crippen molar-refractivity contribution in [3.8, 4) is 46.0 Å². The number of hydrogen-bond acceptors (Lipinski definition) is 24. The molecule has 24 nitrogen and oxygen atoms in total. The van der Waals surface area contributed by atoms with Crippen molar-refractivity contribution in [1.29, 1.82) is 0 Å². The summed E-state index contributed by atoms with van der Waals surface area (Å²) >= 11 is 0. The molecule has 0 heterocycles. The maximum Gasteiger partial charge on any atom is 0.343 e. The molecule has 6 aromatic rings. The molecule has 0 aliphatic carbocycles. The standard InChI is InChI=1S/C39H40O12.C38H38O12/c1-4-34(40)46-24-10-6-8-12-36(42)48-30-18-14-28(15-19-30)38(44)50-32-22-23-33(27(3)26-32)51-39(45)29-16-20-31(21-17-29)49-37(43)13-9-7-11-25-47-35(41)5-2;1-3-33(39)45-25-9-5-7-11-35(41)47-29-17-13-27(14-18-29)37(43)49-31-21-23-32(24-22-31)50-38(44)28-15-19-30(20-16-28)48-36(42)12-8-6-10-26-46-34(40)4-2/h4-5,14-23,26H,1-2,6-13,24-25H2,3H3;3-4,13-24H,1-2,5-12,25-26H2. The Morgan fingerprint density at radius 2 is 0.485 bits per heavy atom. The van der Waals surface area contributed by atoms with Crippen LogP contribution in [0.4, 0.5) is 0 Å². The monoisotopic (exact) mass is 1390 g/mol. The van der Waals surface area contributed by atoms with E-state index in [-0.39, 0.29) is 120 Å². The molecule has 0 aromatic heterocycles. The van der Waals surface area contributed by atoms with Gasteiger partial charge in [-0.15, -0.1) is 0 Å². The van der Waals surface area contributed by atoms with Crippen LogP contribution >= 0.6 is 0 Å². The first kappa shape index (κ1) is 79.6. The van der Waals surface area contributed by atoms with E-state index < -0.39 is 71.6 Å². The van der Waals surface area contributed by atoms with E-state index in [4.69, 9.17) is 56.8 Å². The molecule has 0 amide bonds. The minimum absolute atomic E-state index is 0.190. The highest BCUT2D eigenvalue weighted by Gasteiger charge is 2.18. The number of hydrogen-bond donors (Lipinski definition) is 0. The molecular formula is C77H78O24. The smallest absolute Gasteiger partial charge is 0.343 e. The van der Waals surface area contributed by atoms with Gasteiger partial charge in [0.05, 0.1) is 48.7 Å². The lowest BCUT2D eigenvalue weighted by Gasteiger charge is -2.11. The normalized spacial score (nSPS) is 10.3. The summed E-state index contributed by atoms with van der Waals surface area (Å²) in [5.41, 5.74) is 1.46. The zero-order valence-corrected chi connectivity index (χ0v) is 55.9. The second-order valence-electron chi connectivity index (χ2n) is 21.7. The number of aryl methyl sites for hydroxylation is 1. The molecule has 0 aliphatic heterocycles. The van der Waals surface area contributed by atoms with Crippen LogP contribution in [0.25, 0.3) is 0 Å². The summed E-state index contributed by atoms with van der Waals surface area (Å²) in [5.74, 6) is -4.13. The van der Waals surface area contributed by atoms with Crippen molar-refractivity contribution >= 4 is 71.6 Å². The molecule has 0 saturated carbocycles. The molecule has 24 heteroatoms. The SMILES string of the molecule is C=CC(=O)OCCCCCC(=O)Oc1ccc(C(=O)Oc2ccc(OC(=O)c3ccc(OC(=O)CCCCCOC(=O)C=C)cc3)c(C)c2)cc1.C=CC(=O)OCCCCCC(=O)Oc1ccc(C(=O)Oc2ccc(OC(=O)c3ccc(OC(=O)CCCCCOC(=O)C=C)cc3)cc2)cc1. The number of carbonyl (C=O) groups excluding carboxylic acids is 12. The first-order chi connectivity index (χ1) is 48.7. The Kier molecular flexibility index (Phi) is 35.2. The third-order valence-corrected chi connectivity index (χ3v) is 13.8. The van der Waals surface area contributed by atoms with Gasteiger partial charge in [0.2, 0.25) is 0 Å². The van der Waals surface area contributed by atoms with Crippen LogP contribution in [0.3, 0.4) is 0 Å². The predicted molar refractivity (Wildman–Crippen MR) is 364 cm³/mol. The quantitative estimate of drug-likeness (QED) is 0.0113. The Labute approximate surface area is 583 Å². The van der Waals surface area contributed by atoms with Gasteiger partial charge < -0.3 is 56.8 Å². The lowest BCUT2D eigenvalue weighted by molar-refractivity contribution is -0.138. The zero-order valence-electron chi connectivity index (χ0n) is 55.9. The van der Waals surface area contributed by atoms with Gasteiger partial charge in [-0.1, -0.05) is 26.3 Å². The molecule has 0 spiro atoms. The Hall–Kier alpha value is -12.1. The lowest BCUT2D eigenvalue weighted by Crippen LogP contribution is -2.11. The van der Waals surface area contributed by atoms with E-state index in [1.54, 1.807) is 13.0 Å². The molecule has 530 valence electrons. The summed E-state index contributed by atoms with van der Waals surface area (Å²) in [6.07, 6.45) is 12.7. The molecule has 0 bridgehead atoms. The van der Waals surface area contributed by atoms with Crippen LogP contribution in [0.1, 0.15) is 150 Å². The highest BCUT2D eigenvalue weighted by Crippen LogP contribution is 2.27. The highest BCUT2D eigenvalue weighted by molar-refractivity contribution is 5.94. The third kappa shape index (κ3) is 31.8. The van der Waals surface area contributed by atoms with Crippen molar-refractivity contribution in [2.75, 3.05) is 26.4 Å². The molecular weight excluding hydrogens is 1310 g/mol. The van der Waals surface area contributed by atoms with Gasteiger partial charge >= 0.3 is 71.6 Å². The average Bonchev–Trinajstić information content (AvgIpc) is 0.861. The lowest BCUT2D eigenvalue weighted by atomic mass is 10.2. The summed E-state index contributed by atoms with van der Waals surface area (Å²) in [6.45, 7) is 16.0. The highest BCUT2D eigenvalue weighted by atomic mass is 16.6. The molecule has 6 rings (SSSR count). The molecule has 0 atom stereocenters. The van der Waals surface area contributed by atoms with Gasteiger partial charge in [0, 0.05) is 50.0 Å². The number of unbranched alkanes of at least 4 members (excludes halogenated alkanes) is 8. The minimum atomic E-state index is -0.642. The molecule has 0 radical (unpaired) electrons. The number of ether oxygens (including phenoxy) is 12. The van der Waals surface area contributed by atoms with Gasteiger partial charge in [-0.25, -0.2) is 38.4 Å². The Morgan fingerprint density at radius 1 is 0.267 bits per heavy atom. The van der Waals surface area contributed by atoms with Crippen LogP contribution in [0.2, 0.25) is 0 Å². The maximum atomic E-state index is 12.7. The van der Waals surface area contributed by atoms with E-state index in [2.05, 4.69) is 26.3 Å². The van der Waals surface area contributed by atoms with E-state index >= 15 is 0 Å². The van der Waals surface area contributed by atoms with E-state index in [0.717, 1.165) is 24.3 Å². The van der Waals surface area contributed by atoms with Gasteiger partial charge in [0.25, 0.3) is 0 Å². The molecule has 0 aliphatic rings. The van der Waals surface area contributed by atoms with Gasteiger partial charge in [-0.05, 0) is 229 Å². The first-order valence-corrected chi connectivity index (χ1v) is 32.2. The van der Waals surface area contributed by atoms with E-state index in [1.807, 2.05) is 0 Å². The molecule has 101 heavy (non-hydrogen) atoms. The van der Waals surface area contributed by atoms with Gasteiger partial charge in [0.15, 0.2) is 0 Å². The van der Waals surface area contributed by atoms with E-state index in [1.165, 1.54) is 133 Å². The van der Waals surface area contributed by atoms with Crippen LogP contribution < -0.4 is 37.9 Å². The Bertz CT molecular complexity index is 3690. The average molecular weight is 1390 g/mol. The van der Waals surface area contributed by atoms with Crippen molar-refractivity contribution in [3.05, 3.63) is 218 Å². The summed E-state index contributed by atoms with van der Waals surface area (Å²) in [7, 11) is 0. The first-order valence-electron chi connectivity index (χ1n) is 32.2. The molecule has 0 N–H and O–H groups in total. The van der Waals surface area contributed by atoms with Gasteiger partial charge in [-0.3, -0.25) is 19.2 Å². The molecule has 0 saturated heterocycles. The van der Waals surface area contributed by atoms with Crippen LogP contribution in [0, 0.1) is 6.92 Å². The van der Waals surface area contributed by atoms with Crippen LogP contribution in [-0.2, 0) is 57.3 Å². The topological polar surface area (TPSA) is 316 Å². The summed E-state index contributed by atoms with van der Waals surface area (Å²) < 4.78 is 62.5. The maximum absolute atomic E-state index is 12.7. The molecule has 0 fully saturated rings. The van der Waals surface area contributed by atoms with E-state index in [0.29, 0.717) is 82.6 Å². The number of esters is 12. The number of carbonyl (C=O) groups is 12. The summed E-state index contributed by atoms with van der Waals surface area (Å²) in [5, 5.41) is 0. The van der Waals surface area contributed by atoms with Crippen molar-refractivity contribution in [2.45, 2.75) is 110 Å². The minimum Gasteiger partial charge on any atom is -0.463 e. The fraction of sp³-hybridized carbons (Fsp3) is 0.273. The van der Waals surface area contributed by atoms with Crippen molar-refractivity contribution in [3.63, 3.8) is 0 Å². The fourth-order valence-corrected chi connectivity index (χ4v) is 8.52. The third-order valence-electron chi connectivity index (χ3n) is 13.8. The Morgan fingerprint density at radius 3 is 0.733 bits per heavy atom. The molecule has 6 aromatic carbocycles. The van der Waals surface area contributed by atoms with Crippen LogP contribution in [-0.4, -0.2) is 98.1 Å². The van der Waals surface area contributed by atoms with Crippen molar-refractivity contribution < 1.29 is 114 Å². The number of benzene rings is 6. The van der Waals surface area contributed by atoms with E-state index in [9.17, 15) is 57.5 Å². The summed E-state index contributed by atoms with van der Waals surface area (Å²) in [4.78, 5) is 143. The largest absolute Gasteiger partial charge is 0.463 e. The Balaban J connectivity index is 0.000000364. The predicted octanol–water partition coefficient (Wildman–Crippen LogP) is 13.3. The second kappa shape index (κ2) is 44.7. The van der Waals surface area contributed by atoms with Crippen molar-refractivity contribution in [2.24, 2.45) is 0 Å². The van der Waals surface area contributed by atoms with Crippen molar-refractivity contribution in [1.82, 2.24) is 0 Å².